The van der Waals surface area contributed by atoms with E-state index in [0.717, 1.165) is 5.57 Å². The van der Waals surface area contributed by atoms with Gasteiger partial charge in [-0.2, -0.15) is 0 Å². The predicted octanol–water partition coefficient (Wildman–Crippen LogP) is -0.0258. The van der Waals surface area contributed by atoms with Crippen LogP contribution in [0.15, 0.2) is 29.2 Å². The molecule has 3 N–H and O–H groups in total. The lowest BCUT2D eigenvalue weighted by Crippen LogP contribution is -2.06. The van der Waals surface area contributed by atoms with Crippen LogP contribution in [0.5, 0.6) is 0 Å². The van der Waals surface area contributed by atoms with Crippen molar-refractivity contribution in [3.63, 3.8) is 0 Å². The van der Waals surface area contributed by atoms with Crippen molar-refractivity contribution in [1.82, 2.24) is 5.32 Å². The lowest BCUT2D eigenvalue weighted by Gasteiger charge is -1.91. The average molecular weight is 123 g/mol. The maximum Gasteiger partial charge on any atom is 0.0428 e. The molecule has 0 amide bonds. The summed E-state index contributed by atoms with van der Waals surface area (Å²) in [7, 11) is 0. The molecule has 0 atom stereocenters. The first kappa shape index (κ1) is 6.04. The van der Waals surface area contributed by atoms with Crippen molar-refractivity contribution in [2.24, 2.45) is 10.7 Å². The highest BCUT2D eigenvalue weighted by Gasteiger charge is 1.87. The molecule has 0 saturated carbocycles. The smallest absolute Gasteiger partial charge is 0.0428 e. The van der Waals surface area contributed by atoms with E-state index in [0.29, 0.717) is 6.54 Å². The summed E-state index contributed by atoms with van der Waals surface area (Å²) >= 11 is 0. The van der Waals surface area contributed by atoms with Crippen molar-refractivity contribution < 1.29 is 0 Å². The molecule has 48 valence electrons. The Labute approximate surface area is 54.0 Å². The van der Waals surface area contributed by atoms with Gasteiger partial charge in [0.15, 0.2) is 0 Å². The van der Waals surface area contributed by atoms with Crippen LogP contribution in [0, 0.1) is 0 Å². The largest absolute Gasteiger partial charge is 0.366 e. The van der Waals surface area contributed by atoms with Crippen molar-refractivity contribution in [2.45, 2.75) is 0 Å². The summed E-state index contributed by atoms with van der Waals surface area (Å²) in [5.41, 5.74) is 6.35. The molecule has 0 bridgehead atoms. The van der Waals surface area contributed by atoms with Gasteiger partial charge in [-0.05, 0) is 5.57 Å². The first-order valence-electron chi connectivity index (χ1n) is 2.77. The van der Waals surface area contributed by atoms with Gasteiger partial charge in [0.05, 0.1) is 0 Å². The zero-order valence-corrected chi connectivity index (χ0v) is 5.04. The van der Waals surface area contributed by atoms with Gasteiger partial charge in [-0.3, -0.25) is 4.99 Å². The van der Waals surface area contributed by atoms with Gasteiger partial charge >= 0.3 is 0 Å². The Bertz CT molecular complexity index is 167. The number of hydrogen-bond donors (Lipinski definition) is 2. The Balaban J connectivity index is 2.63. The summed E-state index contributed by atoms with van der Waals surface area (Å²) in [6, 6.07) is 0. The second-order valence-electron chi connectivity index (χ2n) is 1.68. The number of nitrogens with zero attached hydrogens (tertiary/aromatic N) is 1. The highest BCUT2D eigenvalue weighted by molar-refractivity contribution is 5.79. The third-order valence-corrected chi connectivity index (χ3v) is 1.00. The maximum atomic E-state index is 5.35. The van der Waals surface area contributed by atoms with Crippen LogP contribution in [-0.4, -0.2) is 12.8 Å². The Morgan fingerprint density at radius 1 is 1.67 bits per heavy atom. The molecule has 0 spiro atoms. The zero-order valence-electron chi connectivity index (χ0n) is 5.04. The molecule has 0 aromatic rings. The summed E-state index contributed by atoms with van der Waals surface area (Å²) in [6.45, 7) is 0.526. The number of rotatable bonds is 1. The van der Waals surface area contributed by atoms with Crippen LogP contribution < -0.4 is 11.1 Å². The number of nitrogens with two attached hydrogens (primary N) is 1. The van der Waals surface area contributed by atoms with Crippen LogP contribution >= 0.6 is 0 Å². The molecule has 0 fully saturated rings. The molecule has 0 aromatic heterocycles. The quantitative estimate of drug-likeness (QED) is 0.514. The van der Waals surface area contributed by atoms with Crippen molar-refractivity contribution >= 4 is 6.21 Å². The van der Waals surface area contributed by atoms with Gasteiger partial charge in [0.2, 0.25) is 0 Å². The Morgan fingerprint density at radius 2 is 2.56 bits per heavy atom. The Kier molecular flexibility index (Phi) is 2.04. The van der Waals surface area contributed by atoms with Crippen molar-refractivity contribution in [2.75, 3.05) is 6.54 Å². The van der Waals surface area contributed by atoms with Crippen molar-refractivity contribution in [1.29, 1.82) is 0 Å². The molecule has 1 aliphatic rings. The molecule has 9 heavy (non-hydrogen) atoms. The lowest BCUT2D eigenvalue weighted by atomic mass is 10.3. The average Bonchev–Trinajstić information content (AvgIpc) is 2.13. The molecule has 0 unspecified atom stereocenters. The van der Waals surface area contributed by atoms with E-state index in [1.54, 1.807) is 18.6 Å². The van der Waals surface area contributed by atoms with E-state index in [1.807, 2.05) is 6.20 Å². The van der Waals surface area contributed by atoms with Crippen molar-refractivity contribution in [3.05, 3.63) is 24.2 Å². The van der Waals surface area contributed by atoms with E-state index in [4.69, 9.17) is 5.73 Å². The summed E-state index contributed by atoms with van der Waals surface area (Å²) < 4.78 is 0. The number of aliphatic imine (C=N–C) groups is 1. The minimum absolute atomic E-state index is 0.526. The van der Waals surface area contributed by atoms with Crippen molar-refractivity contribution in [3.8, 4) is 0 Å². The summed E-state index contributed by atoms with van der Waals surface area (Å²) in [6.07, 6.45) is 6.99. The monoisotopic (exact) mass is 123 g/mol. The van der Waals surface area contributed by atoms with E-state index in [9.17, 15) is 0 Å². The van der Waals surface area contributed by atoms with Crippen LogP contribution in [0.3, 0.4) is 0 Å². The standard InChI is InChI=1S/C6H9N3/c7-3-6-4-8-1-2-9-5-6/h1-2,4-5,8H,3,7H2. The topological polar surface area (TPSA) is 50.4 Å². The first-order valence-corrected chi connectivity index (χ1v) is 2.77. The van der Waals surface area contributed by atoms with Crippen LogP contribution in [0.4, 0.5) is 0 Å². The van der Waals surface area contributed by atoms with Gasteiger partial charge in [0.25, 0.3) is 0 Å². The fraction of sp³-hybridized carbons (Fsp3) is 0.167. The first-order chi connectivity index (χ1) is 4.43. The molecular weight excluding hydrogens is 114 g/mol. The molecular formula is C6H9N3. The lowest BCUT2D eigenvalue weighted by molar-refractivity contribution is 1.13. The molecule has 1 heterocycles. The maximum absolute atomic E-state index is 5.35. The van der Waals surface area contributed by atoms with Crippen LogP contribution in [-0.2, 0) is 0 Å². The minimum Gasteiger partial charge on any atom is -0.366 e. The molecule has 1 aliphatic heterocycles. The fourth-order valence-corrected chi connectivity index (χ4v) is 0.529. The van der Waals surface area contributed by atoms with Crippen LogP contribution in [0.1, 0.15) is 0 Å². The summed E-state index contributed by atoms with van der Waals surface area (Å²) in [5.74, 6) is 0. The number of hydrogen-bond acceptors (Lipinski definition) is 3. The third-order valence-electron chi connectivity index (χ3n) is 1.00. The zero-order chi connectivity index (χ0) is 6.53. The number of nitrogens with one attached hydrogen (secondary N) is 1. The van der Waals surface area contributed by atoms with Gasteiger partial charge in [0.1, 0.15) is 0 Å². The molecule has 1 rings (SSSR count). The third kappa shape index (κ3) is 1.70. The van der Waals surface area contributed by atoms with Gasteiger partial charge in [-0.15, -0.1) is 0 Å². The molecule has 3 nitrogen and oxygen atoms in total. The summed E-state index contributed by atoms with van der Waals surface area (Å²) in [4.78, 5) is 3.91. The second-order valence-corrected chi connectivity index (χ2v) is 1.68. The normalized spacial score (nSPS) is 16.3. The molecule has 0 aromatic carbocycles. The minimum atomic E-state index is 0.526. The van der Waals surface area contributed by atoms with Gasteiger partial charge in [0, 0.05) is 31.4 Å². The highest BCUT2D eigenvalue weighted by Crippen LogP contribution is 1.88. The Morgan fingerprint density at radius 3 is 3.33 bits per heavy atom. The molecule has 0 aliphatic carbocycles. The van der Waals surface area contributed by atoms with E-state index >= 15 is 0 Å². The molecule has 3 heteroatoms. The van der Waals surface area contributed by atoms with Gasteiger partial charge in [-0.1, -0.05) is 0 Å². The van der Waals surface area contributed by atoms with Gasteiger partial charge in [-0.25, -0.2) is 0 Å². The molecule has 0 saturated heterocycles. The SMILES string of the molecule is NCC1=CNC=CN=C1. The summed E-state index contributed by atoms with van der Waals surface area (Å²) in [5, 5.41) is 2.90. The second kappa shape index (κ2) is 3.04. The van der Waals surface area contributed by atoms with E-state index < -0.39 is 0 Å². The van der Waals surface area contributed by atoms with E-state index in [-0.39, 0.29) is 0 Å². The highest BCUT2D eigenvalue weighted by atomic mass is 14.8. The van der Waals surface area contributed by atoms with Crippen LogP contribution in [0.2, 0.25) is 0 Å². The van der Waals surface area contributed by atoms with Gasteiger partial charge < -0.3 is 11.1 Å². The van der Waals surface area contributed by atoms with E-state index in [2.05, 4.69) is 10.3 Å². The Hall–Kier alpha value is -1.09. The fourth-order valence-electron chi connectivity index (χ4n) is 0.529. The predicted molar refractivity (Wildman–Crippen MR) is 37.9 cm³/mol. The molecule has 0 radical (unpaired) electrons. The van der Waals surface area contributed by atoms with Crippen LogP contribution in [0.25, 0.3) is 0 Å². The van der Waals surface area contributed by atoms with E-state index in [1.165, 1.54) is 0 Å².